The van der Waals surface area contributed by atoms with Crippen LogP contribution in [0.3, 0.4) is 0 Å². The van der Waals surface area contributed by atoms with Gasteiger partial charge in [0.2, 0.25) is 5.82 Å². The molecular weight excluding hydrogens is 246 g/mol. The highest BCUT2D eigenvalue weighted by molar-refractivity contribution is 5.03. The van der Waals surface area contributed by atoms with Gasteiger partial charge in [-0.3, -0.25) is 0 Å². The summed E-state index contributed by atoms with van der Waals surface area (Å²) in [6, 6.07) is 0. The van der Waals surface area contributed by atoms with Crippen molar-refractivity contribution in [3.05, 3.63) is 11.7 Å². The van der Waals surface area contributed by atoms with E-state index < -0.39 is 11.7 Å². The lowest BCUT2D eigenvalue weighted by atomic mass is 9.93. The standard InChI is InChI=1S/C13H23N3O3/c1-18-13(7-4-2-3-5-8-13)12-15-11(19-16-12)10(17)6-9-14/h10,17H,2-9,14H2,1H3. The Morgan fingerprint density at radius 1 is 1.37 bits per heavy atom. The van der Waals surface area contributed by atoms with Gasteiger partial charge in [-0.05, 0) is 25.8 Å². The van der Waals surface area contributed by atoms with E-state index >= 15 is 0 Å². The summed E-state index contributed by atoms with van der Waals surface area (Å²) in [7, 11) is 1.69. The van der Waals surface area contributed by atoms with Crippen molar-refractivity contribution in [3.63, 3.8) is 0 Å². The zero-order valence-electron chi connectivity index (χ0n) is 11.5. The van der Waals surface area contributed by atoms with E-state index in [0.717, 1.165) is 25.7 Å². The van der Waals surface area contributed by atoms with Gasteiger partial charge < -0.3 is 20.1 Å². The number of ether oxygens (including phenoxy) is 1. The largest absolute Gasteiger partial charge is 0.383 e. The Balaban J connectivity index is 2.18. The Bertz CT molecular complexity index is 386. The third kappa shape index (κ3) is 3.13. The van der Waals surface area contributed by atoms with Crippen LogP contribution in [0.25, 0.3) is 0 Å². The Labute approximate surface area is 113 Å². The molecule has 1 saturated carbocycles. The molecule has 1 unspecified atom stereocenters. The maximum absolute atomic E-state index is 9.83. The lowest BCUT2D eigenvalue weighted by molar-refractivity contribution is -0.0365. The Morgan fingerprint density at radius 3 is 2.63 bits per heavy atom. The van der Waals surface area contributed by atoms with Crippen LogP contribution >= 0.6 is 0 Å². The number of rotatable bonds is 5. The van der Waals surface area contributed by atoms with Gasteiger partial charge >= 0.3 is 0 Å². The molecule has 0 bridgehead atoms. The highest BCUT2D eigenvalue weighted by Crippen LogP contribution is 2.37. The number of nitrogens with two attached hydrogens (primary N) is 1. The van der Waals surface area contributed by atoms with Gasteiger partial charge in [-0.1, -0.05) is 30.8 Å². The van der Waals surface area contributed by atoms with E-state index in [0.29, 0.717) is 18.8 Å². The average molecular weight is 269 g/mol. The summed E-state index contributed by atoms with van der Waals surface area (Å²) >= 11 is 0. The van der Waals surface area contributed by atoms with Crippen LogP contribution in [0.15, 0.2) is 4.52 Å². The predicted octanol–water partition coefficient (Wildman–Crippen LogP) is 1.65. The Hall–Kier alpha value is -0.980. The van der Waals surface area contributed by atoms with Crippen LogP contribution in [0.5, 0.6) is 0 Å². The first-order valence-corrected chi connectivity index (χ1v) is 6.99. The van der Waals surface area contributed by atoms with Gasteiger partial charge in [-0.25, -0.2) is 0 Å². The zero-order valence-corrected chi connectivity index (χ0v) is 11.5. The third-order valence-electron chi connectivity index (χ3n) is 3.88. The maximum atomic E-state index is 9.83. The summed E-state index contributed by atoms with van der Waals surface area (Å²) in [4.78, 5) is 4.33. The van der Waals surface area contributed by atoms with E-state index in [1.165, 1.54) is 12.8 Å². The Morgan fingerprint density at radius 2 is 2.05 bits per heavy atom. The fraction of sp³-hybridized carbons (Fsp3) is 0.846. The number of nitrogens with zero attached hydrogens (tertiary/aromatic N) is 2. The summed E-state index contributed by atoms with van der Waals surface area (Å²) in [6.45, 7) is 0.383. The second kappa shape index (κ2) is 6.45. The van der Waals surface area contributed by atoms with E-state index in [4.69, 9.17) is 15.0 Å². The maximum Gasteiger partial charge on any atom is 0.255 e. The molecule has 0 aromatic carbocycles. The van der Waals surface area contributed by atoms with Crippen molar-refractivity contribution in [1.29, 1.82) is 0 Å². The number of aliphatic hydroxyl groups is 1. The lowest BCUT2D eigenvalue weighted by Crippen LogP contribution is -2.29. The highest BCUT2D eigenvalue weighted by atomic mass is 16.5. The molecule has 2 rings (SSSR count). The van der Waals surface area contributed by atoms with E-state index in [1.54, 1.807) is 7.11 Å². The number of aliphatic hydroxyl groups excluding tert-OH is 1. The molecule has 1 heterocycles. The van der Waals surface area contributed by atoms with E-state index in [9.17, 15) is 5.11 Å². The molecule has 0 aliphatic heterocycles. The second-order valence-corrected chi connectivity index (χ2v) is 5.16. The molecule has 0 amide bonds. The number of aromatic nitrogens is 2. The van der Waals surface area contributed by atoms with Gasteiger partial charge in [0.15, 0.2) is 0 Å². The number of hydrogen-bond donors (Lipinski definition) is 2. The molecule has 1 aromatic heterocycles. The van der Waals surface area contributed by atoms with Crippen molar-refractivity contribution in [1.82, 2.24) is 10.1 Å². The molecule has 1 aliphatic rings. The number of hydrogen-bond acceptors (Lipinski definition) is 6. The van der Waals surface area contributed by atoms with E-state index in [1.807, 2.05) is 0 Å². The summed E-state index contributed by atoms with van der Waals surface area (Å²) in [5.41, 5.74) is 4.96. The van der Waals surface area contributed by atoms with Gasteiger partial charge in [-0.2, -0.15) is 4.98 Å². The average Bonchev–Trinajstić information content (AvgIpc) is 2.79. The van der Waals surface area contributed by atoms with Gasteiger partial charge in [0.05, 0.1) is 0 Å². The smallest absolute Gasteiger partial charge is 0.255 e. The monoisotopic (exact) mass is 269 g/mol. The molecule has 3 N–H and O–H groups in total. The molecule has 108 valence electrons. The van der Waals surface area contributed by atoms with Crippen LogP contribution in [0.1, 0.15) is 62.8 Å². The summed E-state index contributed by atoms with van der Waals surface area (Å²) in [5, 5.41) is 13.8. The molecule has 19 heavy (non-hydrogen) atoms. The quantitative estimate of drug-likeness (QED) is 0.789. The van der Waals surface area contributed by atoms with Crippen LogP contribution in [0.2, 0.25) is 0 Å². The predicted molar refractivity (Wildman–Crippen MR) is 69.3 cm³/mol. The molecule has 6 nitrogen and oxygen atoms in total. The van der Waals surface area contributed by atoms with Gasteiger partial charge in [0.25, 0.3) is 5.89 Å². The van der Waals surface area contributed by atoms with Crippen LogP contribution in [0, 0.1) is 0 Å². The van der Waals surface area contributed by atoms with Crippen molar-refractivity contribution in [2.45, 2.75) is 56.7 Å². The fourth-order valence-corrected chi connectivity index (χ4v) is 2.66. The normalized spacial score (nSPS) is 21.0. The van der Waals surface area contributed by atoms with Crippen molar-refractivity contribution in [3.8, 4) is 0 Å². The minimum absolute atomic E-state index is 0.237. The van der Waals surface area contributed by atoms with Crippen molar-refractivity contribution >= 4 is 0 Å². The summed E-state index contributed by atoms with van der Waals surface area (Å²) < 4.78 is 10.9. The molecule has 0 spiro atoms. The van der Waals surface area contributed by atoms with Gasteiger partial charge in [-0.15, -0.1) is 0 Å². The molecule has 0 saturated heterocycles. The molecule has 6 heteroatoms. The van der Waals surface area contributed by atoms with Gasteiger partial charge in [0, 0.05) is 7.11 Å². The van der Waals surface area contributed by atoms with Crippen LogP contribution in [-0.2, 0) is 10.3 Å². The van der Waals surface area contributed by atoms with Crippen LogP contribution in [-0.4, -0.2) is 28.9 Å². The van der Waals surface area contributed by atoms with Crippen LogP contribution in [0.4, 0.5) is 0 Å². The number of methoxy groups -OCH3 is 1. The first kappa shape index (κ1) is 14.4. The molecule has 1 fully saturated rings. The SMILES string of the molecule is COC1(c2noc(C(O)CCN)n2)CCCCCC1. The minimum Gasteiger partial charge on any atom is -0.383 e. The first-order chi connectivity index (χ1) is 9.22. The second-order valence-electron chi connectivity index (χ2n) is 5.16. The summed E-state index contributed by atoms with van der Waals surface area (Å²) in [6.07, 6.45) is 6.06. The van der Waals surface area contributed by atoms with E-state index in [2.05, 4.69) is 10.1 Å². The Kier molecular flexibility index (Phi) is 4.90. The minimum atomic E-state index is -0.786. The third-order valence-corrected chi connectivity index (χ3v) is 3.88. The fourth-order valence-electron chi connectivity index (χ4n) is 2.66. The summed E-state index contributed by atoms with van der Waals surface area (Å²) in [5.74, 6) is 0.795. The highest BCUT2D eigenvalue weighted by Gasteiger charge is 2.38. The molecule has 1 atom stereocenters. The van der Waals surface area contributed by atoms with Gasteiger partial charge in [0.1, 0.15) is 11.7 Å². The molecule has 1 aliphatic carbocycles. The van der Waals surface area contributed by atoms with Crippen molar-refractivity contribution in [2.75, 3.05) is 13.7 Å². The molecule has 1 aromatic rings. The van der Waals surface area contributed by atoms with Crippen LogP contribution < -0.4 is 5.73 Å². The van der Waals surface area contributed by atoms with Crippen molar-refractivity contribution in [2.24, 2.45) is 5.73 Å². The zero-order chi connectivity index (χ0) is 13.7. The first-order valence-electron chi connectivity index (χ1n) is 6.99. The topological polar surface area (TPSA) is 94.4 Å². The lowest BCUT2D eigenvalue weighted by Gasteiger charge is -2.27. The molecular formula is C13H23N3O3. The molecule has 0 radical (unpaired) electrons. The van der Waals surface area contributed by atoms with Crippen molar-refractivity contribution < 1.29 is 14.4 Å². The van der Waals surface area contributed by atoms with E-state index in [-0.39, 0.29) is 5.89 Å².